The van der Waals surface area contributed by atoms with Crippen molar-refractivity contribution in [1.29, 1.82) is 0 Å². The molecule has 0 bridgehead atoms. The Hall–Kier alpha value is -3.15. The van der Waals surface area contributed by atoms with Crippen LogP contribution in [0.2, 0.25) is 0 Å². The molecule has 2 aromatic carbocycles. The molecule has 0 saturated heterocycles. The van der Waals surface area contributed by atoms with Crippen LogP contribution in [0.5, 0.6) is 28.7 Å². The quantitative estimate of drug-likeness (QED) is 0.672. The van der Waals surface area contributed by atoms with Crippen molar-refractivity contribution in [2.75, 3.05) is 21.0 Å². The van der Waals surface area contributed by atoms with E-state index in [-0.39, 0.29) is 29.8 Å². The summed E-state index contributed by atoms with van der Waals surface area (Å²) in [5, 5.41) is 9.89. The van der Waals surface area contributed by atoms with Crippen LogP contribution in [0.25, 0.3) is 6.08 Å². The highest BCUT2D eigenvalue weighted by Crippen LogP contribution is 2.37. The van der Waals surface area contributed by atoms with Gasteiger partial charge in [-0.3, -0.25) is 4.79 Å². The summed E-state index contributed by atoms with van der Waals surface area (Å²) in [6.07, 6.45) is 3.06. The van der Waals surface area contributed by atoms with E-state index in [9.17, 15) is 9.90 Å². The second-order valence-corrected chi connectivity index (χ2v) is 5.04. The average Bonchev–Trinajstić information content (AvgIpc) is 3.08. The molecule has 1 heterocycles. The number of rotatable bonds is 5. The summed E-state index contributed by atoms with van der Waals surface area (Å²) in [5.74, 6) is 1.46. The van der Waals surface area contributed by atoms with Crippen molar-refractivity contribution < 1.29 is 28.8 Å². The second-order valence-electron chi connectivity index (χ2n) is 5.04. The molecule has 0 aliphatic carbocycles. The number of methoxy groups -OCH3 is 2. The number of phenols is 1. The molecule has 1 aliphatic rings. The number of aromatic hydroxyl groups is 1. The minimum atomic E-state index is -0.181. The van der Waals surface area contributed by atoms with Gasteiger partial charge in [0.25, 0.3) is 0 Å². The number of phenolic OH excluding ortho intramolecular Hbond substituents is 1. The van der Waals surface area contributed by atoms with Crippen molar-refractivity contribution in [1.82, 2.24) is 0 Å². The maximum Gasteiger partial charge on any atom is 0.231 e. The lowest BCUT2D eigenvalue weighted by atomic mass is 10.1. The van der Waals surface area contributed by atoms with Crippen molar-refractivity contribution in [2.45, 2.75) is 0 Å². The van der Waals surface area contributed by atoms with Crippen LogP contribution >= 0.6 is 0 Å². The van der Waals surface area contributed by atoms with Crippen LogP contribution in [-0.2, 0) is 0 Å². The highest BCUT2D eigenvalue weighted by atomic mass is 16.7. The zero-order valence-corrected chi connectivity index (χ0v) is 13.2. The number of benzene rings is 2. The molecular weight excluding hydrogens is 312 g/mol. The van der Waals surface area contributed by atoms with Crippen molar-refractivity contribution in [2.24, 2.45) is 0 Å². The predicted octanol–water partition coefficient (Wildman–Crippen LogP) is 3.03. The third-order valence-corrected chi connectivity index (χ3v) is 3.59. The minimum absolute atomic E-state index is 0.0840. The Bertz CT molecular complexity index is 784. The molecule has 24 heavy (non-hydrogen) atoms. The first-order valence-corrected chi connectivity index (χ1v) is 7.19. The summed E-state index contributed by atoms with van der Waals surface area (Å²) in [4.78, 5) is 12.3. The monoisotopic (exact) mass is 328 g/mol. The molecular formula is C18H16O6. The summed E-state index contributed by atoms with van der Waals surface area (Å²) in [5.41, 5.74) is 1.16. The standard InChI is InChI=1S/C18H16O6/c1-21-16-7-11(8-17(22-2)18(16)20)3-5-13(19)12-4-6-14-15(9-12)24-10-23-14/h3-9,20H,10H2,1-2H3/b5-3+. The maximum atomic E-state index is 12.3. The van der Waals surface area contributed by atoms with E-state index in [1.807, 2.05) is 0 Å². The Balaban J connectivity index is 1.84. The van der Waals surface area contributed by atoms with Gasteiger partial charge in [-0.2, -0.15) is 0 Å². The van der Waals surface area contributed by atoms with Gasteiger partial charge in [0.1, 0.15) is 0 Å². The lowest BCUT2D eigenvalue weighted by Gasteiger charge is -2.09. The van der Waals surface area contributed by atoms with Gasteiger partial charge in [0, 0.05) is 5.56 Å². The molecule has 0 aromatic heterocycles. The Morgan fingerprint density at radius 3 is 2.42 bits per heavy atom. The number of hydrogen-bond acceptors (Lipinski definition) is 6. The summed E-state index contributed by atoms with van der Waals surface area (Å²) < 4.78 is 20.7. The first kappa shape index (κ1) is 15.7. The zero-order valence-electron chi connectivity index (χ0n) is 13.2. The number of ether oxygens (including phenoxy) is 4. The van der Waals surface area contributed by atoms with Gasteiger partial charge in [-0.15, -0.1) is 0 Å². The number of carbonyl (C=O) groups excluding carboxylic acids is 1. The van der Waals surface area contributed by atoms with E-state index in [4.69, 9.17) is 18.9 Å². The van der Waals surface area contributed by atoms with E-state index < -0.39 is 0 Å². The topological polar surface area (TPSA) is 74.2 Å². The summed E-state index contributed by atoms with van der Waals surface area (Å²) in [7, 11) is 2.89. The van der Waals surface area contributed by atoms with Gasteiger partial charge in [-0.1, -0.05) is 6.08 Å². The first-order chi connectivity index (χ1) is 11.6. The summed E-state index contributed by atoms with van der Waals surface area (Å²) >= 11 is 0. The van der Waals surface area contributed by atoms with Gasteiger partial charge in [0.05, 0.1) is 14.2 Å². The molecule has 0 radical (unpaired) electrons. The summed E-state index contributed by atoms with van der Waals surface area (Å²) in [6.45, 7) is 0.163. The van der Waals surface area contributed by atoms with Crippen LogP contribution in [0.15, 0.2) is 36.4 Å². The van der Waals surface area contributed by atoms with Crippen molar-refractivity contribution in [3.63, 3.8) is 0 Å². The van der Waals surface area contributed by atoms with E-state index in [2.05, 4.69) is 0 Å². The normalized spacial score (nSPS) is 12.4. The highest BCUT2D eigenvalue weighted by molar-refractivity contribution is 6.07. The number of fused-ring (bicyclic) bond motifs is 1. The molecule has 124 valence electrons. The number of ketones is 1. The van der Waals surface area contributed by atoms with Crippen LogP contribution in [0.1, 0.15) is 15.9 Å². The third kappa shape index (κ3) is 2.99. The van der Waals surface area contributed by atoms with E-state index in [0.29, 0.717) is 22.6 Å². The fraction of sp³-hybridized carbons (Fsp3) is 0.167. The fourth-order valence-corrected chi connectivity index (χ4v) is 2.33. The molecule has 1 aliphatic heterocycles. The SMILES string of the molecule is COc1cc(/C=C/C(=O)c2ccc3c(c2)OCO3)cc(OC)c1O. The van der Waals surface area contributed by atoms with Gasteiger partial charge in [0.2, 0.25) is 12.5 Å². The Kier molecular flexibility index (Phi) is 4.29. The second kappa shape index (κ2) is 6.54. The Labute approximate surface area is 138 Å². The van der Waals surface area contributed by atoms with Gasteiger partial charge in [-0.05, 0) is 42.0 Å². The average molecular weight is 328 g/mol. The van der Waals surface area contributed by atoms with E-state index >= 15 is 0 Å². The molecule has 0 saturated carbocycles. The van der Waals surface area contributed by atoms with E-state index in [0.717, 1.165) is 0 Å². The third-order valence-electron chi connectivity index (χ3n) is 3.59. The summed E-state index contributed by atoms with van der Waals surface area (Å²) in [6, 6.07) is 8.25. The molecule has 2 aromatic rings. The zero-order chi connectivity index (χ0) is 17.1. The lowest BCUT2D eigenvalue weighted by Crippen LogP contribution is -1.95. The molecule has 0 fully saturated rings. The predicted molar refractivity (Wildman–Crippen MR) is 87.1 cm³/mol. The number of carbonyl (C=O) groups is 1. The lowest BCUT2D eigenvalue weighted by molar-refractivity contribution is 0.104. The van der Waals surface area contributed by atoms with Gasteiger partial charge < -0.3 is 24.1 Å². The Morgan fingerprint density at radius 2 is 1.75 bits per heavy atom. The van der Waals surface area contributed by atoms with Crippen LogP contribution in [0.4, 0.5) is 0 Å². The fourth-order valence-electron chi connectivity index (χ4n) is 2.33. The number of allylic oxidation sites excluding steroid dienone is 1. The van der Waals surface area contributed by atoms with Crippen molar-refractivity contribution >= 4 is 11.9 Å². The first-order valence-electron chi connectivity index (χ1n) is 7.19. The van der Waals surface area contributed by atoms with Crippen molar-refractivity contribution in [3.05, 3.63) is 47.5 Å². The molecule has 3 rings (SSSR count). The molecule has 1 N–H and O–H groups in total. The molecule has 6 nitrogen and oxygen atoms in total. The van der Waals surface area contributed by atoms with Crippen LogP contribution in [0.3, 0.4) is 0 Å². The molecule has 0 atom stereocenters. The largest absolute Gasteiger partial charge is 0.502 e. The molecule has 6 heteroatoms. The van der Waals surface area contributed by atoms with Gasteiger partial charge in [-0.25, -0.2) is 0 Å². The maximum absolute atomic E-state index is 12.3. The molecule has 0 spiro atoms. The molecule has 0 unspecified atom stereocenters. The molecule has 0 amide bonds. The van der Waals surface area contributed by atoms with E-state index in [1.54, 1.807) is 36.4 Å². The smallest absolute Gasteiger partial charge is 0.231 e. The van der Waals surface area contributed by atoms with Gasteiger partial charge in [0.15, 0.2) is 28.8 Å². The Morgan fingerprint density at radius 1 is 1.08 bits per heavy atom. The number of hydrogen-bond donors (Lipinski definition) is 1. The van der Waals surface area contributed by atoms with Crippen LogP contribution < -0.4 is 18.9 Å². The van der Waals surface area contributed by atoms with Crippen LogP contribution in [-0.4, -0.2) is 31.9 Å². The minimum Gasteiger partial charge on any atom is -0.502 e. The van der Waals surface area contributed by atoms with Crippen LogP contribution in [0, 0.1) is 0 Å². The van der Waals surface area contributed by atoms with Gasteiger partial charge >= 0.3 is 0 Å². The van der Waals surface area contributed by atoms with Crippen molar-refractivity contribution in [3.8, 4) is 28.7 Å². The highest BCUT2D eigenvalue weighted by Gasteiger charge is 2.15. The van der Waals surface area contributed by atoms with E-state index in [1.165, 1.54) is 20.3 Å².